The van der Waals surface area contributed by atoms with Crippen LogP contribution in [0.5, 0.6) is 0 Å². The van der Waals surface area contributed by atoms with Gasteiger partial charge in [-0.15, -0.1) is 0 Å². The summed E-state index contributed by atoms with van der Waals surface area (Å²) in [6.45, 7) is 1.82. The van der Waals surface area contributed by atoms with Gasteiger partial charge < -0.3 is 15.2 Å². The first kappa shape index (κ1) is 15.0. The van der Waals surface area contributed by atoms with Crippen molar-refractivity contribution in [3.05, 3.63) is 35.4 Å². The SMILES string of the molecule is CC(NC(=O)C1CCC(C(=O)O)O1)c1ccc(C#N)cc1. The Morgan fingerprint density at radius 1 is 1.33 bits per heavy atom. The standard InChI is InChI=1S/C15H16N2O4/c1-9(11-4-2-10(8-16)3-5-11)17-14(18)12-6-7-13(21-12)15(19)20/h2-5,9,12-13H,6-7H2,1H3,(H,17,18)(H,19,20). The molecule has 2 rings (SSSR count). The lowest BCUT2D eigenvalue weighted by Gasteiger charge is -2.17. The number of hydrogen-bond acceptors (Lipinski definition) is 4. The first-order chi connectivity index (χ1) is 10.0. The molecule has 6 heteroatoms. The number of amides is 1. The van der Waals surface area contributed by atoms with Crippen molar-refractivity contribution in [2.45, 2.75) is 38.0 Å². The van der Waals surface area contributed by atoms with E-state index in [1.54, 1.807) is 24.3 Å². The third-order valence-electron chi connectivity index (χ3n) is 3.49. The number of aliphatic carboxylic acids is 1. The summed E-state index contributed by atoms with van der Waals surface area (Å²) < 4.78 is 5.20. The van der Waals surface area contributed by atoms with Crippen LogP contribution in [0.4, 0.5) is 0 Å². The summed E-state index contributed by atoms with van der Waals surface area (Å²) in [7, 11) is 0. The summed E-state index contributed by atoms with van der Waals surface area (Å²) in [5.41, 5.74) is 1.43. The van der Waals surface area contributed by atoms with Gasteiger partial charge in [-0.25, -0.2) is 4.79 Å². The highest BCUT2D eigenvalue weighted by Gasteiger charge is 2.35. The number of benzene rings is 1. The molecule has 2 N–H and O–H groups in total. The summed E-state index contributed by atoms with van der Waals surface area (Å²) in [6.07, 6.45) is -0.862. The molecule has 0 saturated carbocycles. The number of carbonyl (C=O) groups is 2. The summed E-state index contributed by atoms with van der Waals surface area (Å²) in [4.78, 5) is 22.8. The van der Waals surface area contributed by atoms with E-state index < -0.39 is 18.2 Å². The van der Waals surface area contributed by atoms with Crippen molar-refractivity contribution in [3.8, 4) is 6.07 Å². The van der Waals surface area contributed by atoms with Gasteiger partial charge >= 0.3 is 5.97 Å². The van der Waals surface area contributed by atoms with E-state index in [9.17, 15) is 9.59 Å². The maximum Gasteiger partial charge on any atom is 0.332 e. The maximum atomic E-state index is 12.0. The van der Waals surface area contributed by atoms with Gasteiger partial charge in [-0.2, -0.15) is 5.26 Å². The van der Waals surface area contributed by atoms with E-state index >= 15 is 0 Å². The molecule has 3 unspecified atom stereocenters. The second-order valence-corrected chi connectivity index (χ2v) is 4.99. The molecule has 1 amide bonds. The number of rotatable bonds is 4. The third-order valence-corrected chi connectivity index (χ3v) is 3.49. The third kappa shape index (κ3) is 3.58. The lowest BCUT2D eigenvalue weighted by Crippen LogP contribution is -2.37. The van der Waals surface area contributed by atoms with Crippen LogP contribution < -0.4 is 5.32 Å². The molecule has 0 aliphatic carbocycles. The molecule has 6 nitrogen and oxygen atoms in total. The van der Waals surface area contributed by atoms with Gasteiger partial charge in [0, 0.05) is 0 Å². The zero-order chi connectivity index (χ0) is 15.4. The minimum atomic E-state index is -1.04. The first-order valence-electron chi connectivity index (χ1n) is 6.70. The van der Waals surface area contributed by atoms with Gasteiger partial charge in [0.15, 0.2) is 6.10 Å². The molecule has 0 radical (unpaired) electrons. The Hall–Kier alpha value is -2.39. The number of nitriles is 1. The number of carboxylic acid groups (broad SMARTS) is 1. The Bertz CT molecular complexity index is 576. The van der Waals surface area contributed by atoms with Gasteiger partial charge in [-0.1, -0.05) is 12.1 Å². The van der Waals surface area contributed by atoms with Crippen LogP contribution in [0.1, 0.15) is 36.9 Å². The Labute approximate surface area is 122 Å². The Morgan fingerprint density at radius 3 is 2.48 bits per heavy atom. The molecule has 21 heavy (non-hydrogen) atoms. The van der Waals surface area contributed by atoms with E-state index in [0.29, 0.717) is 18.4 Å². The molecule has 110 valence electrons. The predicted octanol–water partition coefficient (Wildman–Crippen LogP) is 1.37. The van der Waals surface area contributed by atoms with Crippen LogP contribution in [0.2, 0.25) is 0 Å². The fourth-order valence-electron chi connectivity index (χ4n) is 2.25. The molecule has 0 bridgehead atoms. The van der Waals surface area contributed by atoms with Crippen molar-refractivity contribution >= 4 is 11.9 Å². The Morgan fingerprint density at radius 2 is 1.95 bits per heavy atom. The van der Waals surface area contributed by atoms with E-state index in [0.717, 1.165) is 5.56 Å². The van der Waals surface area contributed by atoms with E-state index in [1.165, 1.54) is 0 Å². The summed E-state index contributed by atoms with van der Waals surface area (Å²) >= 11 is 0. The number of nitrogens with one attached hydrogen (secondary N) is 1. The van der Waals surface area contributed by atoms with Crippen molar-refractivity contribution in [1.29, 1.82) is 5.26 Å². The second kappa shape index (κ2) is 6.37. The van der Waals surface area contributed by atoms with Crippen LogP contribution in [0.3, 0.4) is 0 Å². The molecule has 1 aliphatic rings. The molecule has 1 heterocycles. The average Bonchev–Trinajstić information content (AvgIpc) is 2.97. The Balaban J connectivity index is 1.93. The van der Waals surface area contributed by atoms with Crippen molar-refractivity contribution in [1.82, 2.24) is 5.32 Å². The number of nitrogens with zero attached hydrogens (tertiary/aromatic N) is 1. The van der Waals surface area contributed by atoms with Gasteiger partial charge in [0.1, 0.15) is 6.10 Å². The van der Waals surface area contributed by atoms with Crippen molar-refractivity contribution < 1.29 is 19.4 Å². The fraction of sp³-hybridized carbons (Fsp3) is 0.400. The second-order valence-electron chi connectivity index (χ2n) is 4.99. The van der Waals surface area contributed by atoms with Crippen LogP contribution in [0, 0.1) is 11.3 Å². The van der Waals surface area contributed by atoms with Crippen LogP contribution in [-0.2, 0) is 14.3 Å². The summed E-state index contributed by atoms with van der Waals surface area (Å²) in [5, 5.41) is 20.4. The highest BCUT2D eigenvalue weighted by molar-refractivity contribution is 5.83. The Kier molecular flexibility index (Phi) is 4.55. The summed E-state index contributed by atoms with van der Waals surface area (Å²) in [5.74, 6) is -1.35. The smallest absolute Gasteiger partial charge is 0.332 e. The summed E-state index contributed by atoms with van der Waals surface area (Å²) in [6, 6.07) is 8.72. The molecular formula is C15H16N2O4. The zero-order valence-electron chi connectivity index (χ0n) is 11.6. The number of carboxylic acids is 1. The van der Waals surface area contributed by atoms with Crippen molar-refractivity contribution in [2.24, 2.45) is 0 Å². The topological polar surface area (TPSA) is 99.4 Å². The lowest BCUT2D eigenvalue weighted by atomic mass is 10.1. The minimum Gasteiger partial charge on any atom is -0.479 e. The predicted molar refractivity (Wildman–Crippen MR) is 73.2 cm³/mol. The molecule has 0 spiro atoms. The molecule has 1 aliphatic heterocycles. The normalized spacial score (nSPS) is 22.3. The van der Waals surface area contributed by atoms with Gasteiger partial charge in [0.25, 0.3) is 0 Å². The van der Waals surface area contributed by atoms with E-state index in [-0.39, 0.29) is 11.9 Å². The molecular weight excluding hydrogens is 272 g/mol. The highest BCUT2D eigenvalue weighted by Crippen LogP contribution is 2.21. The number of carbonyl (C=O) groups excluding carboxylic acids is 1. The van der Waals surface area contributed by atoms with Crippen LogP contribution >= 0.6 is 0 Å². The van der Waals surface area contributed by atoms with Crippen molar-refractivity contribution in [3.63, 3.8) is 0 Å². The fourth-order valence-corrected chi connectivity index (χ4v) is 2.25. The van der Waals surface area contributed by atoms with E-state index in [1.807, 2.05) is 13.0 Å². The maximum absolute atomic E-state index is 12.0. The van der Waals surface area contributed by atoms with Gasteiger partial charge in [0.2, 0.25) is 5.91 Å². The van der Waals surface area contributed by atoms with Crippen LogP contribution in [0.15, 0.2) is 24.3 Å². The van der Waals surface area contributed by atoms with Crippen LogP contribution in [-0.4, -0.2) is 29.2 Å². The number of hydrogen-bond donors (Lipinski definition) is 2. The largest absolute Gasteiger partial charge is 0.479 e. The average molecular weight is 288 g/mol. The molecule has 1 saturated heterocycles. The highest BCUT2D eigenvalue weighted by atomic mass is 16.5. The monoisotopic (exact) mass is 288 g/mol. The van der Waals surface area contributed by atoms with E-state index in [2.05, 4.69) is 5.32 Å². The lowest BCUT2D eigenvalue weighted by molar-refractivity contribution is -0.151. The van der Waals surface area contributed by atoms with E-state index in [4.69, 9.17) is 15.1 Å². The quantitative estimate of drug-likeness (QED) is 0.871. The molecule has 1 fully saturated rings. The zero-order valence-corrected chi connectivity index (χ0v) is 11.6. The molecule has 1 aromatic carbocycles. The van der Waals surface area contributed by atoms with Gasteiger partial charge in [-0.3, -0.25) is 4.79 Å². The van der Waals surface area contributed by atoms with Gasteiger partial charge in [-0.05, 0) is 37.5 Å². The van der Waals surface area contributed by atoms with Crippen LogP contribution in [0.25, 0.3) is 0 Å². The minimum absolute atomic E-state index is 0.238. The number of ether oxygens (including phenoxy) is 1. The molecule has 0 aromatic heterocycles. The molecule has 1 aromatic rings. The van der Waals surface area contributed by atoms with Crippen molar-refractivity contribution in [2.75, 3.05) is 0 Å². The van der Waals surface area contributed by atoms with Gasteiger partial charge in [0.05, 0.1) is 17.7 Å². The molecule has 3 atom stereocenters. The first-order valence-corrected chi connectivity index (χ1v) is 6.70.